The summed E-state index contributed by atoms with van der Waals surface area (Å²) >= 11 is 1.23. The summed E-state index contributed by atoms with van der Waals surface area (Å²) < 4.78 is 10.1. The maximum Gasteiger partial charge on any atom is 0.350 e. The predicted octanol–water partition coefficient (Wildman–Crippen LogP) is 4.30. The maximum atomic E-state index is 12.5. The van der Waals surface area contributed by atoms with Gasteiger partial charge in [0.05, 0.1) is 24.8 Å². The van der Waals surface area contributed by atoms with Crippen molar-refractivity contribution in [2.24, 2.45) is 0 Å². The van der Waals surface area contributed by atoms with E-state index in [0.717, 1.165) is 30.7 Å². The number of rotatable bonds is 5. The molecule has 1 aliphatic heterocycles. The van der Waals surface area contributed by atoms with Crippen LogP contribution in [0.25, 0.3) is 10.2 Å². The van der Waals surface area contributed by atoms with E-state index in [9.17, 15) is 9.59 Å². The zero-order chi connectivity index (χ0) is 20.2. The molecule has 0 unspecified atom stereocenters. The summed E-state index contributed by atoms with van der Waals surface area (Å²) in [5, 5.41) is 3.50. The Kier molecular flexibility index (Phi) is 5.92. The van der Waals surface area contributed by atoms with E-state index in [-0.39, 0.29) is 5.76 Å². The molecule has 7 nitrogen and oxygen atoms in total. The fourth-order valence-electron chi connectivity index (χ4n) is 3.57. The number of amides is 1. The van der Waals surface area contributed by atoms with E-state index < -0.39 is 11.9 Å². The molecule has 152 valence electrons. The van der Waals surface area contributed by atoms with Crippen LogP contribution in [0.2, 0.25) is 0 Å². The van der Waals surface area contributed by atoms with Crippen LogP contribution in [0.3, 0.4) is 0 Å². The quantitative estimate of drug-likeness (QED) is 0.628. The molecule has 1 fully saturated rings. The second-order valence-electron chi connectivity index (χ2n) is 7.07. The largest absolute Gasteiger partial charge is 0.465 e. The van der Waals surface area contributed by atoms with Crippen molar-refractivity contribution in [1.82, 2.24) is 9.88 Å². The summed E-state index contributed by atoms with van der Waals surface area (Å²) in [7, 11) is 1.32. The number of likely N-dealkylation sites (tertiary alicyclic amines) is 1. The van der Waals surface area contributed by atoms with Crippen LogP contribution in [0.1, 0.15) is 51.6 Å². The Morgan fingerprint density at radius 2 is 2.00 bits per heavy atom. The van der Waals surface area contributed by atoms with E-state index in [1.165, 1.54) is 50.4 Å². The van der Waals surface area contributed by atoms with E-state index in [1.807, 2.05) is 12.1 Å². The molecular weight excluding hydrogens is 390 g/mol. The normalized spacial score (nSPS) is 15.2. The summed E-state index contributed by atoms with van der Waals surface area (Å²) in [6.07, 6.45) is 6.44. The second kappa shape index (κ2) is 8.75. The van der Waals surface area contributed by atoms with Gasteiger partial charge in [0.25, 0.3) is 5.91 Å². The van der Waals surface area contributed by atoms with E-state index in [4.69, 9.17) is 14.1 Å². The molecule has 3 aromatic heterocycles. The second-order valence-corrected chi connectivity index (χ2v) is 8.07. The molecule has 4 rings (SSSR count). The smallest absolute Gasteiger partial charge is 0.350 e. The number of thiophene rings is 1. The van der Waals surface area contributed by atoms with Crippen LogP contribution in [-0.2, 0) is 11.3 Å². The molecule has 0 radical (unpaired) electrons. The molecule has 1 saturated heterocycles. The first-order valence-corrected chi connectivity index (χ1v) is 10.6. The van der Waals surface area contributed by atoms with Gasteiger partial charge in [-0.25, -0.2) is 9.78 Å². The van der Waals surface area contributed by atoms with Crippen molar-refractivity contribution < 1.29 is 18.7 Å². The average Bonchev–Trinajstić information content (AvgIpc) is 3.31. The van der Waals surface area contributed by atoms with Crippen LogP contribution < -0.4 is 5.32 Å². The minimum atomic E-state index is -0.503. The molecule has 4 heterocycles. The number of furan rings is 1. The van der Waals surface area contributed by atoms with Gasteiger partial charge < -0.3 is 14.5 Å². The summed E-state index contributed by atoms with van der Waals surface area (Å²) in [5.41, 5.74) is 1.37. The van der Waals surface area contributed by atoms with Crippen molar-refractivity contribution in [3.63, 3.8) is 0 Å². The average molecular weight is 413 g/mol. The third kappa shape index (κ3) is 4.33. The molecule has 1 N–H and O–H groups in total. The molecule has 0 aromatic carbocycles. The Labute approximate surface area is 172 Å². The number of nitrogens with one attached hydrogen (secondary N) is 1. The summed E-state index contributed by atoms with van der Waals surface area (Å²) in [6, 6.07) is 7.08. The highest BCUT2D eigenvalue weighted by molar-refractivity contribution is 7.21. The van der Waals surface area contributed by atoms with Gasteiger partial charge in [0.15, 0.2) is 5.76 Å². The number of ether oxygens (including phenoxy) is 1. The number of hydrogen-bond donors (Lipinski definition) is 1. The van der Waals surface area contributed by atoms with Crippen LogP contribution in [0.4, 0.5) is 5.69 Å². The summed E-state index contributed by atoms with van der Waals surface area (Å²) in [6.45, 7) is 2.96. The number of carbonyl (C=O) groups excluding carboxylic acids is 2. The monoisotopic (exact) mass is 413 g/mol. The highest BCUT2D eigenvalue weighted by atomic mass is 32.1. The summed E-state index contributed by atoms with van der Waals surface area (Å²) in [4.78, 5) is 33.0. The van der Waals surface area contributed by atoms with Gasteiger partial charge in [-0.15, -0.1) is 11.3 Å². The number of hydrogen-bond acceptors (Lipinski definition) is 7. The molecule has 29 heavy (non-hydrogen) atoms. The predicted molar refractivity (Wildman–Crippen MR) is 111 cm³/mol. The molecule has 0 bridgehead atoms. The molecule has 3 aromatic rings. The van der Waals surface area contributed by atoms with E-state index >= 15 is 0 Å². The van der Waals surface area contributed by atoms with Crippen LogP contribution in [-0.4, -0.2) is 42.0 Å². The summed E-state index contributed by atoms with van der Waals surface area (Å²) in [5.74, 6) is -0.754. The van der Waals surface area contributed by atoms with Gasteiger partial charge in [-0.2, -0.15) is 0 Å². The van der Waals surface area contributed by atoms with Gasteiger partial charge in [0.2, 0.25) is 0 Å². The lowest BCUT2D eigenvalue weighted by Gasteiger charge is -2.19. The van der Waals surface area contributed by atoms with Gasteiger partial charge >= 0.3 is 5.97 Å². The Bertz CT molecular complexity index is 1000. The highest BCUT2D eigenvalue weighted by Crippen LogP contribution is 2.36. The van der Waals surface area contributed by atoms with Gasteiger partial charge in [-0.3, -0.25) is 9.69 Å². The van der Waals surface area contributed by atoms with E-state index in [2.05, 4.69) is 10.2 Å². The number of fused-ring (bicyclic) bond motifs is 1. The maximum absolute atomic E-state index is 12.5. The number of methoxy groups -OCH3 is 1. The SMILES string of the molecule is COC(=O)c1sc2nc(CN3CCCCCC3)ccc2c1NC(=O)c1ccco1. The Morgan fingerprint density at radius 3 is 2.69 bits per heavy atom. The lowest BCUT2D eigenvalue weighted by Crippen LogP contribution is -2.24. The minimum absolute atomic E-state index is 0.172. The van der Waals surface area contributed by atoms with Crippen LogP contribution in [0.5, 0.6) is 0 Å². The molecule has 0 aliphatic carbocycles. The molecule has 1 aliphatic rings. The first-order valence-electron chi connectivity index (χ1n) is 9.73. The van der Waals surface area contributed by atoms with Crippen molar-refractivity contribution in [3.8, 4) is 0 Å². The zero-order valence-corrected chi connectivity index (χ0v) is 17.1. The van der Waals surface area contributed by atoms with Crippen molar-refractivity contribution in [2.75, 3.05) is 25.5 Å². The topological polar surface area (TPSA) is 84.7 Å². The third-order valence-corrected chi connectivity index (χ3v) is 6.13. The molecule has 0 spiro atoms. The first kappa shape index (κ1) is 19.6. The number of carbonyl (C=O) groups is 2. The van der Waals surface area contributed by atoms with Crippen molar-refractivity contribution in [3.05, 3.63) is 46.9 Å². The van der Waals surface area contributed by atoms with Crippen LogP contribution >= 0.6 is 11.3 Å². The molecule has 0 atom stereocenters. The fraction of sp³-hybridized carbons (Fsp3) is 0.381. The lowest BCUT2D eigenvalue weighted by molar-refractivity contribution is 0.0607. The van der Waals surface area contributed by atoms with Crippen LogP contribution in [0.15, 0.2) is 34.9 Å². The zero-order valence-electron chi connectivity index (χ0n) is 16.3. The fourth-order valence-corrected chi connectivity index (χ4v) is 4.64. The molecule has 1 amide bonds. The van der Waals surface area contributed by atoms with Crippen molar-refractivity contribution in [2.45, 2.75) is 32.2 Å². The Hall–Kier alpha value is -2.71. The van der Waals surface area contributed by atoms with E-state index in [0.29, 0.717) is 15.4 Å². The van der Waals surface area contributed by atoms with Crippen molar-refractivity contribution >= 4 is 39.1 Å². The standard InChI is InChI=1S/C21H23N3O4S/c1-27-21(26)18-17(23-19(25)16-7-6-12-28-16)15-9-8-14(22-20(15)29-18)13-24-10-4-2-3-5-11-24/h6-9,12H,2-5,10-11,13H2,1H3,(H,23,25). The number of pyridine rings is 1. The van der Waals surface area contributed by atoms with Gasteiger partial charge in [-0.05, 0) is 50.2 Å². The minimum Gasteiger partial charge on any atom is -0.465 e. The van der Waals surface area contributed by atoms with E-state index in [1.54, 1.807) is 12.1 Å². The number of anilines is 1. The number of aromatic nitrogens is 1. The van der Waals surface area contributed by atoms with Crippen molar-refractivity contribution in [1.29, 1.82) is 0 Å². The van der Waals surface area contributed by atoms with Gasteiger partial charge in [-0.1, -0.05) is 12.8 Å². The van der Waals surface area contributed by atoms with Gasteiger partial charge in [0.1, 0.15) is 9.71 Å². The van der Waals surface area contributed by atoms with Gasteiger partial charge in [0, 0.05) is 11.9 Å². The number of esters is 1. The first-order chi connectivity index (χ1) is 14.2. The van der Waals surface area contributed by atoms with Crippen LogP contribution in [0, 0.1) is 0 Å². The number of nitrogens with zero attached hydrogens (tertiary/aromatic N) is 2. The lowest BCUT2D eigenvalue weighted by atomic mass is 10.2. The third-order valence-electron chi connectivity index (χ3n) is 5.05. The Morgan fingerprint density at radius 1 is 1.21 bits per heavy atom. The molecule has 0 saturated carbocycles. The Balaban J connectivity index is 1.64. The molecule has 8 heteroatoms. The molecular formula is C21H23N3O4S. The highest BCUT2D eigenvalue weighted by Gasteiger charge is 2.23.